The van der Waals surface area contributed by atoms with Gasteiger partial charge in [0.1, 0.15) is 0 Å². The normalized spacial score (nSPS) is 11.4. The van der Waals surface area contributed by atoms with Gasteiger partial charge in [-0.3, -0.25) is 4.79 Å². The first-order valence-corrected chi connectivity index (χ1v) is 8.55. The highest BCUT2D eigenvalue weighted by molar-refractivity contribution is 7.99. The number of carbonyl (C=O) groups excluding carboxylic acids is 1. The number of benzene rings is 2. The van der Waals surface area contributed by atoms with Gasteiger partial charge in [-0.05, 0) is 42.5 Å². The van der Waals surface area contributed by atoms with E-state index in [1.54, 1.807) is 12.1 Å². The molecule has 0 unspecified atom stereocenters. The standard InChI is InChI=1S/C16H12Cl2F3NOS/c17-10-1-4-12(5-2-10)24-8-7-15(23)22-11-3-6-14(18)13(9-11)16(19,20)21/h1-6,9H,7-8H2,(H,22,23). The molecule has 0 bridgehead atoms. The van der Waals surface area contributed by atoms with Crippen LogP contribution in [0.15, 0.2) is 47.4 Å². The SMILES string of the molecule is O=C(CCSc1ccc(Cl)cc1)Nc1ccc(Cl)c(C(F)(F)F)c1. The predicted octanol–water partition coefficient (Wildman–Crippen LogP) is 6.13. The van der Waals surface area contributed by atoms with Crippen molar-refractivity contribution in [3.63, 3.8) is 0 Å². The first kappa shape index (κ1) is 19.0. The maximum Gasteiger partial charge on any atom is 0.417 e. The summed E-state index contributed by atoms with van der Waals surface area (Å²) in [5.41, 5.74) is -0.911. The number of hydrogen-bond donors (Lipinski definition) is 1. The molecule has 8 heteroatoms. The van der Waals surface area contributed by atoms with E-state index in [4.69, 9.17) is 23.2 Å². The molecule has 0 fully saturated rings. The van der Waals surface area contributed by atoms with Gasteiger partial charge in [-0.25, -0.2) is 0 Å². The Balaban J connectivity index is 1.89. The van der Waals surface area contributed by atoms with E-state index in [1.165, 1.54) is 17.8 Å². The van der Waals surface area contributed by atoms with Crippen LogP contribution < -0.4 is 5.32 Å². The highest BCUT2D eigenvalue weighted by Crippen LogP contribution is 2.36. The van der Waals surface area contributed by atoms with Crippen LogP contribution in [0.2, 0.25) is 10.0 Å². The Kier molecular flexibility index (Phi) is 6.43. The van der Waals surface area contributed by atoms with Gasteiger partial charge in [0.15, 0.2) is 0 Å². The van der Waals surface area contributed by atoms with Crippen LogP contribution in [0.3, 0.4) is 0 Å². The minimum atomic E-state index is -4.57. The highest BCUT2D eigenvalue weighted by atomic mass is 35.5. The predicted molar refractivity (Wildman–Crippen MR) is 91.9 cm³/mol. The Bertz CT molecular complexity index is 720. The third-order valence-corrected chi connectivity index (χ3v) is 4.56. The van der Waals surface area contributed by atoms with Gasteiger partial charge < -0.3 is 5.32 Å². The zero-order valence-electron chi connectivity index (χ0n) is 12.2. The van der Waals surface area contributed by atoms with Gasteiger partial charge in [-0.2, -0.15) is 13.2 Å². The Hall–Kier alpha value is -1.37. The summed E-state index contributed by atoms with van der Waals surface area (Å²) < 4.78 is 38.3. The Labute approximate surface area is 151 Å². The maximum absolute atomic E-state index is 12.8. The molecule has 0 atom stereocenters. The first-order chi connectivity index (χ1) is 11.3. The van der Waals surface area contributed by atoms with E-state index in [9.17, 15) is 18.0 Å². The number of nitrogens with one attached hydrogen (secondary N) is 1. The van der Waals surface area contributed by atoms with E-state index >= 15 is 0 Å². The van der Waals surface area contributed by atoms with Crippen LogP contribution in [0.4, 0.5) is 18.9 Å². The number of thioether (sulfide) groups is 1. The summed E-state index contributed by atoms with van der Waals surface area (Å²) in [5, 5.41) is 2.67. The zero-order valence-corrected chi connectivity index (χ0v) is 14.5. The molecule has 2 aromatic rings. The third-order valence-electron chi connectivity index (χ3n) is 2.97. The van der Waals surface area contributed by atoms with Gasteiger partial charge in [0.05, 0.1) is 10.6 Å². The molecule has 1 amide bonds. The number of anilines is 1. The van der Waals surface area contributed by atoms with Gasteiger partial charge in [-0.15, -0.1) is 11.8 Å². The molecule has 0 aliphatic heterocycles. The molecular formula is C16H12Cl2F3NOS. The first-order valence-electron chi connectivity index (χ1n) is 6.80. The molecule has 2 rings (SSSR count). The van der Waals surface area contributed by atoms with Crippen LogP contribution in [-0.2, 0) is 11.0 Å². The fourth-order valence-corrected chi connectivity index (χ4v) is 3.04. The van der Waals surface area contributed by atoms with Gasteiger partial charge in [-0.1, -0.05) is 23.2 Å². The lowest BCUT2D eigenvalue weighted by Crippen LogP contribution is -2.13. The molecule has 0 saturated carbocycles. The molecule has 0 aliphatic carbocycles. The van der Waals surface area contributed by atoms with Gasteiger partial charge in [0, 0.05) is 27.8 Å². The molecule has 0 aliphatic rings. The number of rotatable bonds is 5. The van der Waals surface area contributed by atoms with Crippen LogP contribution in [0.1, 0.15) is 12.0 Å². The summed E-state index contributed by atoms with van der Waals surface area (Å²) in [6.07, 6.45) is -4.40. The van der Waals surface area contributed by atoms with Crippen LogP contribution in [-0.4, -0.2) is 11.7 Å². The second-order valence-corrected chi connectivity index (χ2v) is 6.80. The van der Waals surface area contributed by atoms with Crippen LogP contribution in [0, 0.1) is 0 Å². The minimum Gasteiger partial charge on any atom is -0.326 e. The average Bonchev–Trinajstić information content (AvgIpc) is 2.50. The molecule has 24 heavy (non-hydrogen) atoms. The van der Waals surface area contributed by atoms with Crippen molar-refractivity contribution in [2.75, 3.05) is 11.1 Å². The summed E-state index contributed by atoms with van der Waals surface area (Å²) in [6.45, 7) is 0. The van der Waals surface area contributed by atoms with Crippen LogP contribution in [0.25, 0.3) is 0 Å². The largest absolute Gasteiger partial charge is 0.417 e. The fourth-order valence-electron chi connectivity index (χ4n) is 1.84. The van der Waals surface area contributed by atoms with Gasteiger partial charge in [0.25, 0.3) is 0 Å². The Morgan fingerprint density at radius 3 is 2.38 bits per heavy atom. The topological polar surface area (TPSA) is 29.1 Å². The number of alkyl halides is 3. The average molecular weight is 394 g/mol. The molecular weight excluding hydrogens is 382 g/mol. The van der Waals surface area contributed by atoms with Crippen molar-refractivity contribution >= 4 is 46.6 Å². The van der Waals surface area contributed by atoms with Gasteiger partial charge in [0.2, 0.25) is 5.91 Å². The molecule has 0 aromatic heterocycles. The summed E-state index contributed by atoms with van der Waals surface area (Å²) in [7, 11) is 0. The van der Waals surface area contributed by atoms with Gasteiger partial charge >= 0.3 is 6.18 Å². The summed E-state index contributed by atoms with van der Waals surface area (Å²) in [5.74, 6) is 0.125. The highest BCUT2D eigenvalue weighted by Gasteiger charge is 2.33. The summed E-state index contributed by atoms with van der Waals surface area (Å²) >= 11 is 12.8. The minimum absolute atomic E-state index is 0.0632. The second-order valence-electron chi connectivity index (χ2n) is 4.79. The van der Waals surface area contributed by atoms with Crippen molar-refractivity contribution in [1.29, 1.82) is 0 Å². The van der Waals surface area contributed by atoms with E-state index in [0.717, 1.165) is 17.0 Å². The number of carbonyl (C=O) groups is 1. The number of hydrogen-bond acceptors (Lipinski definition) is 2. The molecule has 0 saturated heterocycles. The quantitative estimate of drug-likeness (QED) is 0.618. The number of halogens is 5. The smallest absolute Gasteiger partial charge is 0.326 e. The Morgan fingerprint density at radius 1 is 1.08 bits per heavy atom. The number of amides is 1. The molecule has 1 N–H and O–H groups in total. The van der Waals surface area contributed by atoms with E-state index in [0.29, 0.717) is 10.8 Å². The fraction of sp³-hybridized carbons (Fsp3) is 0.188. The van der Waals surface area contributed by atoms with E-state index in [2.05, 4.69) is 5.32 Å². The second kappa shape index (κ2) is 8.14. The third kappa shape index (κ3) is 5.61. The van der Waals surface area contributed by atoms with E-state index < -0.39 is 16.8 Å². The molecule has 2 aromatic carbocycles. The van der Waals surface area contributed by atoms with Crippen LogP contribution in [0.5, 0.6) is 0 Å². The van der Waals surface area contributed by atoms with E-state index in [-0.39, 0.29) is 18.0 Å². The monoisotopic (exact) mass is 393 g/mol. The summed E-state index contributed by atoms with van der Waals surface area (Å²) in [4.78, 5) is 12.8. The molecule has 0 radical (unpaired) electrons. The summed E-state index contributed by atoms with van der Waals surface area (Å²) in [6, 6.07) is 10.4. The van der Waals surface area contributed by atoms with Crippen molar-refractivity contribution in [1.82, 2.24) is 0 Å². The zero-order chi connectivity index (χ0) is 17.7. The lowest BCUT2D eigenvalue weighted by molar-refractivity contribution is -0.137. The maximum atomic E-state index is 12.8. The van der Waals surface area contributed by atoms with Crippen LogP contribution >= 0.6 is 35.0 Å². The van der Waals surface area contributed by atoms with Crippen molar-refractivity contribution < 1.29 is 18.0 Å². The molecule has 128 valence electrons. The lowest BCUT2D eigenvalue weighted by Gasteiger charge is -2.11. The lowest BCUT2D eigenvalue weighted by atomic mass is 10.2. The molecule has 0 spiro atoms. The van der Waals surface area contributed by atoms with Crippen molar-refractivity contribution in [3.8, 4) is 0 Å². The van der Waals surface area contributed by atoms with Crippen molar-refractivity contribution in [2.24, 2.45) is 0 Å². The molecule has 2 nitrogen and oxygen atoms in total. The van der Waals surface area contributed by atoms with Crippen molar-refractivity contribution in [3.05, 3.63) is 58.1 Å². The van der Waals surface area contributed by atoms with Crippen molar-refractivity contribution in [2.45, 2.75) is 17.5 Å². The van der Waals surface area contributed by atoms with E-state index in [1.807, 2.05) is 12.1 Å². The Morgan fingerprint density at radius 2 is 1.75 bits per heavy atom. The molecule has 0 heterocycles.